The normalized spacial score (nSPS) is 14.8. The molecule has 212 valence electrons. The van der Waals surface area contributed by atoms with Crippen LogP contribution in [0.25, 0.3) is 0 Å². The molecule has 5 aromatic carbocycles. The molecule has 0 bridgehead atoms. The van der Waals surface area contributed by atoms with E-state index in [9.17, 15) is 0 Å². The lowest BCUT2D eigenvalue weighted by Gasteiger charge is -2.41. The fourth-order valence-corrected chi connectivity index (χ4v) is 6.24. The van der Waals surface area contributed by atoms with Crippen LogP contribution in [-0.4, -0.2) is 0 Å². The quantitative estimate of drug-likeness (QED) is 0.187. The monoisotopic (exact) mass is 554 g/mol. The predicted molar refractivity (Wildman–Crippen MR) is 173 cm³/mol. The Morgan fingerprint density at radius 2 is 0.929 bits per heavy atom. The summed E-state index contributed by atoms with van der Waals surface area (Å²) in [5.74, 6) is 3.76. The molecule has 0 heterocycles. The van der Waals surface area contributed by atoms with Gasteiger partial charge in [-0.3, -0.25) is 0 Å². The van der Waals surface area contributed by atoms with E-state index in [1.165, 1.54) is 22.3 Å². The maximum absolute atomic E-state index is 6.11. The zero-order valence-corrected chi connectivity index (χ0v) is 24.1. The largest absolute Gasteiger partial charge is 0.457 e. The topological polar surface area (TPSA) is 70.5 Å². The minimum absolute atomic E-state index is 0.0840. The molecule has 42 heavy (non-hydrogen) atoms. The van der Waals surface area contributed by atoms with E-state index in [1.54, 1.807) is 0 Å². The average molecular weight is 555 g/mol. The average Bonchev–Trinajstić information content (AvgIpc) is 3.04. The summed E-state index contributed by atoms with van der Waals surface area (Å²) in [6, 6.07) is 41.5. The summed E-state index contributed by atoms with van der Waals surface area (Å²) in [5, 5.41) is 0. The molecule has 1 fully saturated rings. The Kier molecular flexibility index (Phi) is 7.87. The Balaban J connectivity index is 1.26. The second kappa shape index (κ2) is 12.0. The van der Waals surface area contributed by atoms with Crippen molar-refractivity contribution in [1.29, 1.82) is 0 Å². The van der Waals surface area contributed by atoms with Crippen molar-refractivity contribution in [2.45, 2.75) is 50.4 Å². The minimum Gasteiger partial charge on any atom is -0.457 e. The number of nitrogens with two attached hydrogens (primary N) is 2. The smallest absolute Gasteiger partial charge is 0.127 e. The maximum atomic E-state index is 6.11. The molecule has 0 unspecified atom stereocenters. The van der Waals surface area contributed by atoms with Crippen LogP contribution in [0.4, 0.5) is 11.4 Å². The van der Waals surface area contributed by atoms with Crippen LogP contribution in [0.3, 0.4) is 0 Å². The van der Waals surface area contributed by atoms with Crippen molar-refractivity contribution in [3.05, 3.63) is 144 Å². The second-order valence-corrected chi connectivity index (χ2v) is 11.3. The van der Waals surface area contributed by atoms with E-state index in [0.29, 0.717) is 5.92 Å². The maximum Gasteiger partial charge on any atom is 0.127 e. The van der Waals surface area contributed by atoms with E-state index in [0.717, 1.165) is 66.5 Å². The van der Waals surface area contributed by atoms with Crippen LogP contribution in [0.2, 0.25) is 0 Å². The zero-order chi connectivity index (χ0) is 28.9. The lowest BCUT2D eigenvalue weighted by atomic mass is 9.62. The number of hydrogen-bond acceptors (Lipinski definition) is 4. The Morgan fingerprint density at radius 1 is 0.548 bits per heavy atom. The number of nitrogen functional groups attached to an aromatic ring is 2. The highest BCUT2D eigenvalue weighted by Gasteiger charge is 2.39. The molecule has 0 saturated heterocycles. The summed E-state index contributed by atoms with van der Waals surface area (Å²) in [5.41, 5.74) is 18.5. The summed E-state index contributed by atoms with van der Waals surface area (Å²) in [7, 11) is 0. The van der Waals surface area contributed by atoms with Gasteiger partial charge in [-0.2, -0.15) is 0 Å². The van der Waals surface area contributed by atoms with E-state index < -0.39 is 0 Å². The number of benzene rings is 5. The molecule has 0 atom stereocenters. The molecule has 6 rings (SSSR count). The zero-order valence-electron chi connectivity index (χ0n) is 24.1. The molecule has 5 aromatic rings. The summed E-state index contributed by atoms with van der Waals surface area (Å²) >= 11 is 0. The van der Waals surface area contributed by atoms with Gasteiger partial charge in [0, 0.05) is 16.8 Å². The van der Waals surface area contributed by atoms with Gasteiger partial charge >= 0.3 is 0 Å². The molecular formula is C38H38N2O2. The molecule has 0 aromatic heterocycles. The van der Waals surface area contributed by atoms with Crippen molar-refractivity contribution in [1.82, 2.24) is 0 Å². The van der Waals surface area contributed by atoms with E-state index in [1.807, 2.05) is 48.5 Å². The summed E-state index contributed by atoms with van der Waals surface area (Å²) in [4.78, 5) is 0. The highest BCUT2D eigenvalue weighted by molar-refractivity contribution is 5.48. The Labute approximate surface area is 248 Å². The number of rotatable bonds is 8. The fraction of sp³-hybridized carbons (Fsp3) is 0.211. The molecule has 1 saturated carbocycles. The van der Waals surface area contributed by atoms with Gasteiger partial charge in [-0.1, -0.05) is 55.5 Å². The van der Waals surface area contributed by atoms with Gasteiger partial charge < -0.3 is 20.9 Å². The molecule has 0 spiro atoms. The molecule has 4 N–H and O–H groups in total. The van der Waals surface area contributed by atoms with E-state index >= 15 is 0 Å². The van der Waals surface area contributed by atoms with Crippen LogP contribution in [-0.2, 0) is 11.8 Å². The first kappa shape index (κ1) is 27.5. The molecule has 4 heteroatoms. The van der Waals surface area contributed by atoms with Crippen LogP contribution < -0.4 is 20.9 Å². The van der Waals surface area contributed by atoms with E-state index in [4.69, 9.17) is 20.9 Å². The molecule has 1 aliphatic carbocycles. The molecule has 0 radical (unpaired) electrons. The Morgan fingerprint density at radius 3 is 1.31 bits per heavy atom. The van der Waals surface area contributed by atoms with Crippen LogP contribution in [0, 0.1) is 0 Å². The van der Waals surface area contributed by atoms with Crippen molar-refractivity contribution in [2.75, 3.05) is 11.5 Å². The van der Waals surface area contributed by atoms with Crippen LogP contribution in [0.15, 0.2) is 121 Å². The second-order valence-electron chi connectivity index (χ2n) is 11.3. The van der Waals surface area contributed by atoms with Gasteiger partial charge in [0.25, 0.3) is 0 Å². The SMILES string of the molecule is CCc1ccc(C2CCC(c3ccc(Oc4ccc(N)cc4)cc3)(c3ccc(Oc4ccc(N)cc4)cc3)CC2)cc1. The van der Waals surface area contributed by atoms with Gasteiger partial charge in [0.15, 0.2) is 0 Å². The first-order valence-corrected chi connectivity index (χ1v) is 14.9. The summed E-state index contributed by atoms with van der Waals surface area (Å²) < 4.78 is 12.2. The van der Waals surface area contributed by atoms with Gasteiger partial charge in [-0.15, -0.1) is 0 Å². The van der Waals surface area contributed by atoms with Crippen LogP contribution in [0.5, 0.6) is 23.0 Å². The van der Waals surface area contributed by atoms with Crippen LogP contribution >= 0.6 is 0 Å². The first-order chi connectivity index (χ1) is 20.5. The fourth-order valence-electron chi connectivity index (χ4n) is 6.24. The highest BCUT2D eigenvalue weighted by atomic mass is 16.5. The standard InChI is InChI=1S/C38H38N2O2/c1-2-27-3-5-28(6-4-27)29-23-25-38(26-24-29,30-7-15-34(16-8-30)41-36-19-11-32(39)12-20-36)31-9-17-35(18-10-31)42-37-21-13-33(40)14-22-37/h3-22,29H,2,23-26,39-40H2,1H3. The molecule has 4 nitrogen and oxygen atoms in total. The molecule has 0 aliphatic heterocycles. The Bertz CT molecular complexity index is 1490. The van der Waals surface area contributed by atoms with Gasteiger partial charge in [0.2, 0.25) is 0 Å². The van der Waals surface area contributed by atoms with E-state index in [-0.39, 0.29) is 5.41 Å². The Hall–Kier alpha value is -4.70. The summed E-state index contributed by atoms with van der Waals surface area (Å²) in [6.07, 6.45) is 5.49. The van der Waals surface area contributed by atoms with Gasteiger partial charge in [-0.25, -0.2) is 0 Å². The van der Waals surface area contributed by atoms with Crippen molar-refractivity contribution in [2.24, 2.45) is 0 Å². The minimum atomic E-state index is -0.0840. The number of hydrogen-bond donors (Lipinski definition) is 2. The van der Waals surface area contributed by atoms with Crippen molar-refractivity contribution in [3.63, 3.8) is 0 Å². The number of anilines is 2. The third-order valence-corrected chi connectivity index (χ3v) is 8.74. The number of ether oxygens (including phenoxy) is 2. The number of aryl methyl sites for hydroxylation is 1. The van der Waals surface area contributed by atoms with Crippen LogP contribution in [0.1, 0.15) is 60.8 Å². The highest BCUT2D eigenvalue weighted by Crippen LogP contribution is 2.49. The van der Waals surface area contributed by atoms with E-state index in [2.05, 4.69) is 79.7 Å². The molecule has 0 amide bonds. The molecular weight excluding hydrogens is 516 g/mol. The molecule has 1 aliphatic rings. The predicted octanol–water partition coefficient (Wildman–Crippen LogP) is 9.64. The lowest BCUT2D eigenvalue weighted by molar-refractivity contribution is 0.314. The summed E-state index contributed by atoms with van der Waals surface area (Å²) in [6.45, 7) is 2.21. The van der Waals surface area contributed by atoms with Gasteiger partial charge in [-0.05, 0) is 133 Å². The third kappa shape index (κ3) is 5.99. The van der Waals surface area contributed by atoms with Gasteiger partial charge in [0.1, 0.15) is 23.0 Å². The third-order valence-electron chi connectivity index (χ3n) is 8.74. The van der Waals surface area contributed by atoms with Crippen molar-refractivity contribution in [3.8, 4) is 23.0 Å². The van der Waals surface area contributed by atoms with Gasteiger partial charge in [0.05, 0.1) is 0 Å². The van der Waals surface area contributed by atoms with Crippen molar-refractivity contribution < 1.29 is 9.47 Å². The first-order valence-electron chi connectivity index (χ1n) is 14.9. The van der Waals surface area contributed by atoms with Crippen molar-refractivity contribution >= 4 is 11.4 Å². The lowest BCUT2D eigenvalue weighted by Crippen LogP contribution is -2.32.